The van der Waals surface area contributed by atoms with Gasteiger partial charge in [0.25, 0.3) is 5.91 Å². The minimum Gasteiger partial charge on any atom is -0.491 e. The molecule has 0 spiro atoms. The van der Waals surface area contributed by atoms with Gasteiger partial charge in [0.15, 0.2) is 11.6 Å². The number of halogens is 1. The van der Waals surface area contributed by atoms with Crippen molar-refractivity contribution in [2.24, 2.45) is 0 Å². The second-order valence-electron chi connectivity index (χ2n) is 4.00. The van der Waals surface area contributed by atoms with Gasteiger partial charge in [0, 0.05) is 18.0 Å². The van der Waals surface area contributed by atoms with Gasteiger partial charge in [-0.1, -0.05) is 0 Å². The summed E-state index contributed by atoms with van der Waals surface area (Å²) >= 11 is 0. The van der Waals surface area contributed by atoms with Crippen molar-refractivity contribution in [3.8, 4) is 5.75 Å². The molecule has 0 aliphatic rings. The molecule has 2 aromatic rings. The van der Waals surface area contributed by atoms with E-state index in [1.165, 1.54) is 30.6 Å². The van der Waals surface area contributed by atoms with Gasteiger partial charge in [-0.2, -0.15) is 0 Å². The lowest BCUT2D eigenvalue weighted by atomic mass is 10.2. The van der Waals surface area contributed by atoms with Crippen molar-refractivity contribution in [1.29, 1.82) is 0 Å². The first-order valence-corrected chi connectivity index (χ1v) is 6.05. The van der Waals surface area contributed by atoms with Crippen LogP contribution < -0.4 is 15.8 Å². The number of hydrogen-bond donors (Lipinski definition) is 2. The van der Waals surface area contributed by atoms with Crippen molar-refractivity contribution >= 4 is 17.3 Å². The molecule has 0 saturated heterocycles. The van der Waals surface area contributed by atoms with Gasteiger partial charge in [-0.15, -0.1) is 0 Å². The summed E-state index contributed by atoms with van der Waals surface area (Å²) in [5, 5.41) is 2.57. The van der Waals surface area contributed by atoms with Crippen LogP contribution in [0, 0.1) is 5.82 Å². The molecule has 6 heteroatoms. The van der Waals surface area contributed by atoms with Gasteiger partial charge >= 0.3 is 0 Å². The number of amides is 1. The molecule has 5 nitrogen and oxygen atoms in total. The molecule has 3 N–H and O–H groups in total. The first-order valence-electron chi connectivity index (χ1n) is 6.05. The van der Waals surface area contributed by atoms with Crippen LogP contribution in [0.3, 0.4) is 0 Å². The molecule has 0 bridgehead atoms. The number of anilines is 2. The van der Waals surface area contributed by atoms with Crippen LogP contribution in [0.4, 0.5) is 15.8 Å². The van der Waals surface area contributed by atoms with E-state index in [0.29, 0.717) is 12.3 Å². The maximum atomic E-state index is 13.7. The van der Waals surface area contributed by atoms with Crippen LogP contribution >= 0.6 is 0 Å². The highest BCUT2D eigenvalue weighted by Crippen LogP contribution is 2.22. The summed E-state index contributed by atoms with van der Waals surface area (Å²) in [7, 11) is 0. The standard InChI is InChI=1S/C14H14FN3O2/c1-2-20-13-4-3-9(7-11(13)15)18-14(19)10-5-6-17-8-12(10)16/h3-8H,2,16H2,1H3,(H,18,19). The molecular formula is C14H14FN3O2. The highest BCUT2D eigenvalue weighted by Gasteiger charge is 2.11. The molecule has 0 atom stereocenters. The topological polar surface area (TPSA) is 77.2 Å². The first kappa shape index (κ1) is 13.8. The SMILES string of the molecule is CCOc1ccc(NC(=O)c2ccncc2N)cc1F. The molecule has 1 aromatic heterocycles. The maximum Gasteiger partial charge on any atom is 0.257 e. The quantitative estimate of drug-likeness (QED) is 0.898. The highest BCUT2D eigenvalue weighted by atomic mass is 19.1. The first-order chi connectivity index (χ1) is 9.61. The van der Waals surface area contributed by atoms with Gasteiger partial charge in [-0.25, -0.2) is 4.39 Å². The van der Waals surface area contributed by atoms with Crippen LogP contribution in [0.2, 0.25) is 0 Å². The van der Waals surface area contributed by atoms with Crippen LogP contribution in [0.15, 0.2) is 36.7 Å². The molecule has 1 amide bonds. The van der Waals surface area contributed by atoms with Crippen molar-refractivity contribution in [2.45, 2.75) is 6.92 Å². The third-order valence-corrected chi connectivity index (χ3v) is 2.59. The summed E-state index contributed by atoms with van der Waals surface area (Å²) in [5.74, 6) is -0.810. The van der Waals surface area contributed by atoms with Gasteiger partial charge in [0.1, 0.15) is 0 Å². The second-order valence-corrected chi connectivity index (χ2v) is 4.00. The number of hydrogen-bond acceptors (Lipinski definition) is 4. The summed E-state index contributed by atoms with van der Waals surface area (Å²) in [6, 6.07) is 5.71. The van der Waals surface area contributed by atoms with E-state index in [9.17, 15) is 9.18 Å². The summed E-state index contributed by atoms with van der Waals surface area (Å²) in [6.45, 7) is 2.14. The fourth-order valence-corrected chi connectivity index (χ4v) is 1.66. The number of nitrogen functional groups attached to an aromatic ring is 1. The van der Waals surface area contributed by atoms with E-state index in [1.807, 2.05) is 0 Å². The normalized spacial score (nSPS) is 10.1. The van der Waals surface area contributed by atoms with Crippen LogP contribution in [0.1, 0.15) is 17.3 Å². The third-order valence-electron chi connectivity index (χ3n) is 2.59. The molecule has 1 heterocycles. The number of nitrogens with two attached hydrogens (primary N) is 1. The Bertz CT molecular complexity index is 632. The van der Waals surface area contributed by atoms with E-state index >= 15 is 0 Å². The van der Waals surface area contributed by atoms with Gasteiger partial charge in [-0.05, 0) is 25.1 Å². The van der Waals surface area contributed by atoms with Crippen LogP contribution in [0.5, 0.6) is 5.75 Å². The van der Waals surface area contributed by atoms with E-state index in [-0.39, 0.29) is 17.0 Å². The Hall–Kier alpha value is -2.63. The minimum atomic E-state index is -0.535. The minimum absolute atomic E-state index is 0.147. The molecule has 0 fully saturated rings. The second kappa shape index (κ2) is 6.01. The average Bonchev–Trinajstić information content (AvgIpc) is 2.42. The van der Waals surface area contributed by atoms with Crippen LogP contribution in [-0.4, -0.2) is 17.5 Å². The molecule has 0 unspecified atom stereocenters. The van der Waals surface area contributed by atoms with Crippen molar-refractivity contribution in [2.75, 3.05) is 17.7 Å². The van der Waals surface area contributed by atoms with E-state index in [4.69, 9.17) is 10.5 Å². The number of ether oxygens (including phenoxy) is 1. The number of rotatable bonds is 4. The Morgan fingerprint density at radius 3 is 2.90 bits per heavy atom. The number of nitrogens with one attached hydrogen (secondary N) is 1. The smallest absolute Gasteiger partial charge is 0.257 e. The monoisotopic (exact) mass is 275 g/mol. The molecule has 2 rings (SSSR count). The lowest BCUT2D eigenvalue weighted by Gasteiger charge is -2.09. The fourth-order valence-electron chi connectivity index (χ4n) is 1.66. The van der Waals surface area contributed by atoms with Crippen LogP contribution in [0.25, 0.3) is 0 Å². The lowest BCUT2D eigenvalue weighted by molar-refractivity contribution is 0.102. The number of aromatic nitrogens is 1. The van der Waals surface area contributed by atoms with Crippen molar-refractivity contribution in [3.05, 3.63) is 48.0 Å². The zero-order chi connectivity index (χ0) is 14.5. The number of carbonyl (C=O) groups is 1. The number of benzene rings is 1. The number of carbonyl (C=O) groups excluding carboxylic acids is 1. The largest absolute Gasteiger partial charge is 0.491 e. The summed E-state index contributed by atoms with van der Waals surface area (Å²) in [6.07, 6.45) is 2.84. The summed E-state index contributed by atoms with van der Waals surface area (Å²) < 4.78 is 18.7. The Balaban J connectivity index is 2.16. The number of nitrogens with zero attached hydrogens (tertiary/aromatic N) is 1. The maximum absolute atomic E-state index is 13.7. The Morgan fingerprint density at radius 1 is 1.45 bits per heavy atom. The van der Waals surface area contributed by atoms with E-state index in [2.05, 4.69) is 10.3 Å². The molecule has 0 aliphatic carbocycles. The zero-order valence-electron chi connectivity index (χ0n) is 10.9. The lowest BCUT2D eigenvalue weighted by Crippen LogP contribution is -2.14. The average molecular weight is 275 g/mol. The van der Waals surface area contributed by atoms with Crippen molar-refractivity contribution in [3.63, 3.8) is 0 Å². The highest BCUT2D eigenvalue weighted by molar-refractivity contribution is 6.07. The van der Waals surface area contributed by atoms with Gasteiger partial charge in [-0.3, -0.25) is 9.78 Å². The fraction of sp³-hybridized carbons (Fsp3) is 0.143. The predicted octanol–water partition coefficient (Wildman–Crippen LogP) is 2.45. The molecular weight excluding hydrogens is 261 g/mol. The molecule has 0 aliphatic heterocycles. The molecule has 20 heavy (non-hydrogen) atoms. The molecule has 0 radical (unpaired) electrons. The van der Waals surface area contributed by atoms with Crippen LogP contribution in [-0.2, 0) is 0 Å². The number of pyridine rings is 1. The van der Waals surface area contributed by atoms with E-state index in [1.54, 1.807) is 13.0 Å². The Kier molecular flexibility index (Phi) is 4.14. The van der Waals surface area contributed by atoms with Gasteiger partial charge in [0.2, 0.25) is 0 Å². The van der Waals surface area contributed by atoms with Gasteiger partial charge in [0.05, 0.1) is 24.1 Å². The summed E-state index contributed by atoms with van der Waals surface area (Å²) in [5.41, 5.74) is 6.52. The van der Waals surface area contributed by atoms with E-state index < -0.39 is 11.7 Å². The zero-order valence-corrected chi connectivity index (χ0v) is 10.9. The van der Waals surface area contributed by atoms with Crippen molar-refractivity contribution in [1.82, 2.24) is 4.98 Å². The predicted molar refractivity (Wildman–Crippen MR) is 74.2 cm³/mol. The summed E-state index contributed by atoms with van der Waals surface area (Å²) in [4.78, 5) is 15.8. The Labute approximate surface area is 115 Å². The van der Waals surface area contributed by atoms with Crippen molar-refractivity contribution < 1.29 is 13.9 Å². The van der Waals surface area contributed by atoms with Gasteiger partial charge < -0.3 is 15.8 Å². The van der Waals surface area contributed by atoms with E-state index in [0.717, 1.165) is 0 Å². The molecule has 1 aromatic carbocycles. The third kappa shape index (κ3) is 3.03. The Morgan fingerprint density at radius 2 is 2.25 bits per heavy atom. The molecule has 0 saturated carbocycles. The molecule has 104 valence electrons.